The Morgan fingerprint density at radius 1 is 0.800 bits per heavy atom. The van der Waals surface area contributed by atoms with Crippen LogP contribution in [0.5, 0.6) is 0 Å². The van der Waals surface area contributed by atoms with Crippen LogP contribution in [0.15, 0.2) is 0 Å². The first-order chi connectivity index (χ1) is 6.95. The van der Waals surface area contributed by atoms with Gasteiger partial charge < -0.3 is 9.05 Å². The maximum absolute atomic E-state index is 12.2. The summed E-state index contributed by atoms with van der Waals surface area (Å²) < 4.78 is 34.8. The fourth-order valence-electron chi connectivity index (χ4n) is 1.26. The molecule has 0 aromatic rings. The molecule has 0 N–H and O–H groups in total. The summed E-state index contributed by atoms with van der Waals surface area (Å²) in [5.41, 5.74) is 0. The van der Waals surface area contributed by atoms with Gasteiger partial charge >= 0.3 is 0 Å². The highest BCUT2D eigenvalue weighted by atomic mass is 31.2. The van der Waals surface area contributed by atoms with Crippen LogP contribution in [-0.2, 0) is 18.2 Å². The van der Waals surface area contributed by atoms with Crippen LogP contribution in [0.3, 0.4) is 0 Å². The molecule has 0 rings (SSSR count). The van der Waals surface area contributed by atoms with Gasteiger partial charge in [-0.15, -0.1) is 0 Å². The van der Waals surface area contributed by atoms with E-state index in [1.807, 2.05) is 0 Å². The van der Waals surface area contributed by atoms with Crippen molar-refractivity contribution in [1.82, 2.24) is 0 Å². The van der Waals surface area contributed by atoms with E-state index in [1.165, 1.54) is 0 Å². The monoisotopic (exact) mass is 256 g/mol. The lowest BCUT2D eigenvalue weighted by Gasteiger charge is -2.22. The van der Waals surface area contributed by atoms with Gasteiger partial charge in [-0.05, 0) is 13.8 Å². The SMILES string of the molecule is CCOP(=O)(CC)CP(=O)(CC)OCC. The number of hydrogen-bond donors (Lipinski definition) is 0. The van der Waals surface area contributed by atoms with Crippen molar-refractivity contribution in [2.24, 2.45) is 0 Å². The Kier molecular flexibility index (Phi) is 7.03. The lowest BCUT2D eigenvalue weighted by Crippen LogP contribution is -2.03. The summed E-state index contributed by atoms with van der Waals surface area (Å²) in [4.78, 5) is 0. The third kappa shape index (κ3) is 5.31. The van der Waals surface area contributed by atoms with Gasteiger partial charge in [0, 0.05) is 12.3 Å². The Morgan fingerprint density at radius 3 is 1.33 bits per heavy atom. The van der Waals surface area contributed by atoms with Gasteiger partial charge in [0.05, 0.1) is 13.2 Å². The Hall–Kier alpha value is 0.380. The minimum atomic E-state index is -2.76. The van der Waals surface area contributed by atoms with Crippen molar-refractivity contribution in [3.63, 3.8) is 0 Å². The van der Waals surface area contributed by atoms with Crippen LogP contribution in [0, 0.1) is 0 Å². The molecule has 92 valence electrons. The van der Waals surface area contributed by atoms with Crippen molar-refractivity contribution in [3.05, 3.63) is 0 Å². The molecule has 0 amide bonds. The highest BCUT2D eigenvalue weighted by molar-refractivity contribution is 7.76. The lowest BCUT2D eigenvalue weighted by atomic mass is 10.9. The second kappa shape index (κ2) is 6.85. The predicted octanol–water partition coefficient (Wildman–Crippen LogP) is 3.61. The molecule has 0 saturated carbocycles. The predicted molar refractivity (Wildman–Crippen MR) is 64.4 cm³/mol. The van der Waals surface area contributed by atoms with Crippen LogP contribution in [0.2, 0.25) is 0 Å². The molecule has 0 aliphatic rings. The topological polar surface area (TPSA) is 52.6 Å². The highest BCUT2D eigenvalue weighted by Crippen LogP contribution is 2.62. The molecule has 0 saturated heterocycles. The molecule has 0 aromatic carbocycles. The third-order valence-electron chi connectivity index (χ3n) is 2.12. The molecule has 0 radical (unpaired) electrons. The fraction of sp³-hybridized carbons (Fsp3) is 1.00. The quantitative estimate of drug-likeness (QED) is 0.622. The summed E-state index contributed by atoms with van der Waals surface area (Å²) in [6.07, 6.45) is 0.829. The summed E-state index contributed by atoms with van der Waals surface area (Å²) >= 11 is 0. The molecular weight excluding hydrogens is 234 g/mol. The first kappa shape index (κ1) is 15.4. The maximum atomic E-state index is 12.2. The summed E-state index contributed by atoms with van der Waals surface area (Å²) in [7, 11) is -5.51. The van der Waals surface area contributed by atoms with E-state index in [-0.39, 0.29) is 5.90 Å². The zero-order valence-electron chi connectivity index (χ0n) is 10.1. The zero-order valence-corrected chi connectivity index (χ0v) is 11.9. The van der Waals surface area contributed by atoms with Gasteiger partial charge in [-0.25, -0.2) is 0 Å². The van der Waals surface area contributed by atoms with Gasteiger partial charge in [-0.3, -0.25) is 9.13 Å². The summed E-state index contributed by atoms with van der Waals surface area (Å²) in [5, 5.41) is 0. The maximum Gasteiger partial charge on any atom is 0.212 e. The first-order valence-corrected chi connectivity index (χ1v) is 9.39. The molecule has 0 aliphatic carbocycles. The van der Waals surface area contributed by atoms with Crippen molar-refractivity contribution in [3.8, 4) is 0 Å². The van der Waals surface area contributed by atoms with Crippen LogP contribution in [0.4, 0.5) is 0 Å². The Morgan fingerprint density at radius 2 is 1.13 bits per heavy atom. The molecule has 0 heterocycles. The van der Waals surface area contributed by atoms with Gasteiger partial charge in [0.2, 0.25) is 14.7 Å². The molecule has 0 spiro atoms. The van der Waals surface area contributed by atoms with Crippen molar-refractivity contribution in [1.29, 1.82) is 0 Å². The van der Waals surface area contributed by atoms with E-state index in [1.54, 1.807) is 27.7 Å². The van der Waals surface area contributed by atoms with Gasteiger partial charge in [0.15, 0.2) is 0 Å². The molecule has 0 aromatic heterocycles. The number of hydrogen-bond acceptors (Lipinski definition) is 4. The van der Waals surface area contributed by atoms with E-state index in [2.05, 4.69) is 0 Å². The van der Waals surface area contributed by atoms with Gasteiger partial charge in [0.1, 0.15) is 5.90 Å². The second-order valence-electron chi connectivity index (χ2n) is 3.24. The zero-order chi connectivity index (χ0) is 11.9. The largest absolute Gasteiger partial charge is 0.328 e. The molecular formula is C9H22O4P2. The van der Waals surface area contributed by atoms with Gasteiger partial charge in [0.25, 0.3) is 0 Å². The third-order valence-corrected chi connectivity index (χ3v) is 8.96. The molecule has 6 heteroatoms. The standard InChI is InChI=1S/C9H22O4P2/c1-5-12-14(10,7-3)9-15(11,8-4)13-6-2/h5-9H2,1-4H3. The molecule has 4 nitrogen and oxygen atoms in total. The Labute approximate surface area is 92.6 Å². The van der Waals surface area contributed by atoms with E-state index in [0.717, 1.165) is 0 Å². The fourth-order valence-corrected chi connectivity index (χ4v) is 7.45. The average Bonchev–Trinajstić information content (AvgIpc) is 2.18. The Balaban J connectivity index is 4.63. The normalized spacial score (nSPS) is 19.5. The van der Waals surface area contributed by atoms with Crippen LogP contribution in [0.25, 0.3) is 0 Å². The van der Waals surface area contributed by atoms with Crippen molar-refractivity contribution >= 4 is 14.7 Å². The average molecular weight is 256 g/mol. The minimum Gasteiger partial charge on any atom is -0.328 e. The van der Waals surface area contributed by atoms with Gasteiger partial charge in [-0.2, -0.15) is 0 Å². The number of rotatable bonds is 8. The van der Waals surface area contributed by atoms with Crippen molar-refractivity contribution < 1.29 is 18.2 Å². The summed E-state index contributed by atoms with van der Waals surface area (Å²) in [6.45, 7) is 7.95. The summed E-state index contributed by atoms with van der Waals surface area (Å²) in [6, 6.07) is 0. The van der Waals surface area contributed by atoms with Crippen LogP contribution >= 0.6 is 14.7 Å². The molecule has 0 bridgehead atoms. The van der Waals surface area contributed by atoms with Crippen LogP contribution < -0.4 is 0 Å². The van der Waals surface area contributed by atoms with E-state index >= 15 is 0 Å². The minimum absolute atomic E-state index is 0.0781. The first-order valence-electron chi connectivity index (χ1n) is 5.40. The van der Waals surface area contributed by atoms with Gasteiger partial charge in [-0.1, -0.05) is 13.8 Å². The molecule has 15 heavy (non-hydrogen) atoms. The smallest absolute Gasteiger partial charge is 0.212 e. The highest BCUT2D eigenvalue weighted by Gasteiger charge is 2.32. The van der Waals surface area contributed by atoms with E-state index in [0.29, 0.717) is 25.5 Å². The van der Waals surface area contributed by atoms with Crippen LogP contribution in [0.1, 0.15) is 27.7 Å². The molecule has 2 unspecified atom stereocenters. The van der Waals surface area contributed by atoms with E-state index in [4.69, 9.17) is 9.05 Å². The second-order valence-corrected chi connectivity index (χ2v) is 9.41. The van der Waals surface area contributed by atoms with Crippen LogP contribution in [-0.4, -0.2) is 31.4 Å². The van der Waals surface area contributed by atoms with Crippen molar-refractivity contribution in [2.75, 3.05) is 31.4 Å². The Bertz CT molecular complexity index is 239. The summed E-state index contributed by atoms with van der Waals surface area (Å²) in [5.74, 6) is 0.0781. The molecule has 0 aliphatic heterocycles. The van der Waals surface area contributed by atoms with Crippen molar-refractivity contribution in [2.45, 2.75) is 27.7 Å². The van der Waals surface area contributed by atoms with E-state index in [9.17, 15) is 9.13 Å². The molecule has 2 atom stereocenters. The molecule has 0 fully saturated rings. The lowest BCUT2D eigenvalue weighted by molar-refractivity contribution is 0.324. The van der Waals surface area contributed by atoms with E-state index < -0.39 is 14.7 Å².